The Morgan fingerprint density at radius 3 is 2.61 bits per heavy atom. The van der Waals surface area contributed by atoms with Crippen molar-refractivity contribution in [3.8, 4) is 23.1 Å². The SMILES string of the molecule is CCn1c(-c2cccc3c2oc2ccccc23)c(C#N)c2ccc(OC)cc21. The Morgan fingerprint density at radius 1 is 1.00 bits per heavy atom. The van der Waals surface area contributed by atoms with E-state index in [4.69, 9.17) is 9.15 Å². The van der Waals surface area contributed by atoms with Gasteiger partial charge in [0.25, 0.3) is 0 Å². The Bertz CT molecular complexity index is 1400. The molecular formula is C24H18N2O2. The summed E-state index contributed by atoms with van der Waals surface area (Å²) in [6.07, 6.45) is 0. The number of fused-ring (bicyclic) bond motifs is 4. The number of methoxy groups -OCH3 is 1. The maximum absolute atomic E-state index is 10.00. The van der Waals surface area contributed by atoms with Crippen molar-refractivity contribution >= 4 is 32.8 Å². The predicted molar refractivity (Wildman–Crippen MR) is 112 cm³/mol. The standard InChI is InChI=1S/C24H18N2O2/c1-3-26-21-13-15(27-2)11-12-16(21)20(14-25)23(26)19-9-6-8-18-17-7-4-5-10-22(17)28-24(18)19/h4-13H,3H2,1-2H3. The third kappa shape index (κ3) is 2.17. The summed E-state index contributed by atoms with van der Waals surface area (Å²) in [4.78, 5) is 0. The van der Waals surface area contributed by atoms with E-state index in [0.717, 1.165) is 56.4 Å². The van der Waals surface area contributed by atoms with Crippen molar-refractivity contribution in [2.75, 3.05) is 7.11 Å². The Kier molecular flexibility index (Phi) is 3.63. The molecule has 0 N–H and O–H groups in total. The number of furan rings is 1. The van der Waals surface area contributed by atoms with Crippen molar-refractivity contribution < 1.29 is 9.15 Å². The summed E-state index contributed by atoms with van der Waals surface area (Å²) in [7, 11) is 1.65. The average Bonchev–Trinajstić information content (AvgIpc) is 3.28. The largest absolute Gasteiger partial charge is 0.497 e. The van der Waals surface area contributed by atoms with Crippen LogP contribution in [0.25, 0.3) is 44.1 Å². The molecule has 0 saturated carbocycles. The molecule has 5 rings (SSSR count). The van der Waals surface area contributed by atoms with E-state index in [2.05, 4.69) is 29.7 Å². The van der Waals surface area contributed by atoms with Gasteiger partial charge in [0.15, 0.2) is 0 Å². The van der Waals surface area contributed by atoms with Crippen LogP contribution in [0, 0.1) is 11.3 Å². The van der Waals surface area contributed by atoms with E-state index >= 15 is 0 Å². The molecule has 0 aliphatic carbocycles. The van der Waals surface area contributed by atoms with Gasteiger partial charge in [-0.3, -0.25) is 0 Å². The predicted octanol–water partition coefficient (Wildman–Crippen LogP) is 6.11. The van der Waals surface area contributed by atoms with Gasteiger partial charge in [-0.15, -0.1) is 0 Å². The minimum Gasteiger partial charge on any atom is -0.497 e. The molecule has 0 fully saturated rings. The summed E-state index contributed by atoms with van der Waals surface area (Å²) in [5.74, 6) is 0.776. The van der Waals surface area contributed by atoms with Gasteiger partial charge in [-0.2, -0.15) is 5.26 Å². The molecule has 136 valence electrons. The lowest BCUT2D eigenvalue weighted by atomic mass is 10.0. The van der Waals surface area contributed by atoms with Crippen molar-refractivity contribution in [3.63, 3.8) is 0 Å². The van der Waals surface area contributed by atoms with Crippen LogP contribution in [0.3, 0.4) is 0 Å². The molecule has 3 aromatic carbocycles. The highest BCUT2D eigenvalue weighted by molar-refractivity contribution is 6.10. The van der Waals surface area contributed by atoms with E-state index in [1.807, 2.05) is 48.5 Å². The normalized spacial score (nSPS) is 11.3. The van der Waals surface area contributed by atoms with Crippen LogP contribution >= 0.6 is 0 Å². The van der Waals surface area contributed by atoms with Crippen LogP contribution < -0.4 is 4.74 Å². The number of ether oxygens (including phenoxy) is 1. The van der Waals surface area contributed by atoms with Crippen molar-refractivity contribution in [2.45, 2.75) is 13.5 Å². The molecule has 4 heteroatoms. The molecule has 0 spiro atoms. The minimum absolute atomic E-state index is 0.660. The lowest BCUT2D eigenvalue weighted by Gasteiger charge is -2.09. The maximum Gasteiger partial charge on any atom is 0.144 e. The van der Waals surface area contributed by atoms with Crippen molar-refractivity contribution in [3.05, 3.63) is 66.2 Å². The highest BCUT2D eigenvalue weighted by Gasteiger charge is 2.22. The summed E-state index contributed by atoms with van der Waals surface area (Å²) in [5, 5.41) is 13.1. The van der Waals surface area contributed by atoms with E-state index in [-0.39, 0.29) is 0 Å². The summed E-state index contributed by atoms with van der Waals surface area (Å²) >= 11 is 0. The number of rotatable bonds is 3. The first-order chi connectivity index (χ1) is 13.8. The molecule has 0 atom stereocenters. The molecule has 0 amide bonds. The third-order valence-electron chi connectivity index (χ3n) is 5.36. The number of aryl methyl sites for hydroxylation is 1. The molecule has 0 aliphatic heterocycles. The van der Waals surface area contributed by atoms with E-state index in [1.165, 1.54) is 0 Å². The van der Waals surface area contributed by atoms with Gasteiger partial charge in [-0.25, -0.2) is 0 Å². The molecule has 0 saturated heterocycles. The van der Waals surface area contributed by atoms with Crippen LogP contribution in [0.1, 0.15) is 12.5 Å². The van der Waals surface area contributed by atoms with Gasteiger partial charge in [0.1, 0.15) is 23.0 Å². The summed E-state index contributed by atoms with van der Waals surface area (Å²) in [6.45, 7) is 2.82. The number of benzene rings is 3. The molecule has 0 aliphatic rings. The number of nitriles is 1. The average molecular weight is 366 g/mol. The topological polar surface area (TPSA) is 51.1 Å². The number of hydrogen-bond acceptors (Lipinski definition) is 3. The van der Waals surface area contributed by atoms with Crippen LogP contribution in [0.5, 0.6) is 5.75 Å². The fourth-order valence-corrected chi connectivity index (χ4v) is 4.11. The van der Waals surface area contributed by atoms with Gasteiger partial charge in [0.2, 0.25) is 0 Å². The molecule has 2 aromatic heterocycles. The highest BCUT2D eigenvalue weighted by Crippen LogP contribution is 2.40. The Morgan fingerprint density at radius 2 is 1.82 bits per heavy atom. The first-order valence-corrected chi connectivity index (χ1v) is 9.27. The van der Waals surface area contributed by atoms with Crippen molar-refractivity contribution in [1.29, 1.82) is 5.26 Å². The molecule has 0 unspecified atom stereocenters. The van der Waals surface area contributed by atoms with E-state index in [0.29, 0.717) is 5.56 Å². The Labute approximate surface area is 162 Å². The van der Waals surface area contributed by atoms with Crippen molar-refractivity contribution in [2.24, 2.45) is 0 Å². The van der Waals surface area contributed by atoms with E-state index in [1.54, 1.807) is 7.11 Å². The summed E-state index contributed by atoms with van der Waals surface area (Å²) in [6, 6.07) is 22.4. The Balaban J connectivity index is 1.93. The number of nitrogens with zero attached hydrogens (tertiary/aromatic N) is 2. The first-order valence-electron chi connectivity index (χ1n) is 9.27. The number of aromatic nitrogens is 1. The molecule has 2 heterocycles. The van der Waals surface area contributed by atoms with Gasteiger partial charge in [0, 0.05) is 34.3 Å². The van der Waals surface area contributed by atoms with Crippen LogP contribution in [0.2, 0.25) is 0 Å². The van der Waals surface area contributed by atoms with Crippen LogP contribution in [0.15, 0.2) is 65.1 Å². The zero-order valence-corrected chi connectivity index (χ0v) is 15.7. The molecule has 0 bridgehead atoms. The van der Waals surface area contributed by atoms with Gasteiger partial charge in [0.05, 0.1) is 23.9 Å². The zero-order valence-electron chi connectivity index (χ0n) is 15.7. The van der Waals surface area contributed by atoms with Gasteiger partial charge >= 0.3 is 0 Å². The van der Waals surface area contributed by atoms with Crippen molar-refractivity contribution in [1.82, 2.24) is 4.57 Å². The minimum atomic E-state index is 0.660. The van der Waals surface area contributed by atoms with Gasteiger partial charge < -0.3 is 13.7 Å². The monoisotopic (exact) mass is 366 g/mol. The van der Waals surface area contributed by atoms with Gasteiger partial charge in [-0.05, 0) is 31.2 Å². The van der Waals surface area contributed by atoms with E-state index in [9.17, 15) is 5.26 Å². The van der Waals surface area contributed by atoms with Crippen LogP contribution in [-0.4, -0.2) is 11.7 Å². The van der Waals surface area contributed by atoms with Crippen LogP contribution in [-0.2, 0) is 6.54 Å². The fraction of sp³-hybridized carbons (Fsp3) is 0.125. The number of para-hydroxylation sites is 2. The molecule has 28 heavy (non-hydrogen) atoms. The van der Waals surface area contributed by atoms with Gasteiger partial charge in [-0.1, -0.05) is 30.3 Å². The zero-order chi connectivity index (χ0) is 19.3. The highest BCUT2D eigenvalue weighted by atomic mass is 16.5. The second kappa shape index (κ2) is 6.17. The molecule has 5 aromatic rings. The van der Waals surface area contributed by atoms with E-state index < -0.39 is 0 Å². The lowest BCUT2D eigenvalue weighted by molar-refractivity contribution is 0.415. The molecule has 4 nitrogen and oxygen atoms in total. The second-order valence-electron chi connectivity index (χ2n) is 6.74. The second-order valence-corrected chi connectivity index (χ2v) is 6.74. The molecule has 0 radical (unpaired) electrons. The molecular weight excluding hydrogens is 348 g/mol. The summed E-state index contributed by atoms with van der Waals surface area (Å²) in [5.41, 5.74) is 5.13. The third-order valence-corrected chi connectivity index (χ3v) is 5.36. The Hall–Kier alpha value is -3.71. The summed E-state index contributed by atoms with van der Waals surface area (Å²) < 4.78 is 13.8. The number of hydrogen-bond donors (Lipinski definition) is 0. The first kappa shape index (κ1) is 16.5. The fourth-order valence-electron chi connectivity index (χ4n) is 4.11. The van der Waals surface area contributed by atoms with Crippen LogP contribution in [0.4, 0.5) is 0 Å². The smallest absolute Gasteiger partial charge is 0.144 e. The quantitative estimate of drug-likeness (QED) is 0.387. The maximum atomic E-state index is 10.00. The lowest BCUT2D eigenvalue weighted by Crippen LogP contribution is -1.98.